The zero-order valence-corrected chi connectivity index (χ0v) is 13.5. The molecule has 110 valence electrons. The van der Waals surface area contributed by atoms with Crippen molar-refractivity contribution in [1.29, 1.82) is 0 Å². The maximum absolute atomic E-state index is 12.1. The van der Waals surface area contributed by atoms with Crippen molar-refractivity contribution in [3.8, 4) is 5.75 Å². The fourth-order valence-electron chi connectivity index (χ4n) is 1.79. The van der Waals surface area contributed by atoms with Gasteiger partial charge < -0.3 is 15.5 Å². The predicted molar refractivity (Wildman–Crippen MR) is 83.7 cm³/mol. The van der Waals surface area contributed by atoms with Gasteiger partial charge in [-0.2, -0.15) is 0 Å². The molecule has 0 aromatic heterocycles. The van der Waals surface area contributed by atoms with Gasteiger partial charge in [0.05, 0.1) is 11.7 Å². The van der Waals surface area contributed by atoms with Crippen molar-refractivity contribution in [3.05, 3.63) is 27.3 Å². The number of rotatable bonds is 6. The number of halogens is 1. The molecule has 0 heterocycles. The second kappa shape index (κ2) is 7.58. The van der Waals surface area contributed by atoms with E-state index in [2.05, 4.69) is 5.32 Å². The SMILES string of the molecule is CCCC(=O)[C@@H](NC(=O)c1ccc(I)cc1O)[C@@H](C)O. The van der Waals surface area contributed by atoms with E-state index in [1.165, 1.54) is 19.1 Å². The van der Waals surface area contributed by atoms with Crippen LogP contribution >= 0.6 is 22.6 Å². The number of aliphatic hydroxyl groups excluding tert-OH is 1. The number of aromatic hydroxyl groups is 1. The van der Waals surface area contributed by atoms with Crippen LogP contribution in [0.5, 0.6) is 5.75 Å². The number of Topliss-reactive ketones (excluding diaryl/α,β-unsaturated/α-hetero) is 1. The summed E-state index contributed by atoms with van der Waals surface area (Å²) in [6.07, 6.45) is -0.0506. The van der Waals surface area contributed by atoms with Gasteiger partial charge in [0.25, 0.3) is 5.91 Å². The Morgan fingerprint density at radius 1 is 1.40 bits per heavy atom. The number of benzene rings is 1. The van der Waals surface area contributed by atoms with Crippen LogP contribution in [0.3, 0.4) is 0 Å². The molecule has 0 aliphatic rings. The number of phenols is 1. The predicted octanol–water partition coefficient (Wildman–Crippen LogP) is 1.85. The van der Waals surface area contributed by atoms with Gasteiger partial charge in [0.2, 0.25) is 0 Å². The van der Waals surface area contributed by atoms with Crippen LogP contribution in [-0.2, 0) is 4.79 Å². The summed E-state index contributed by atoms with van der Waals surface area (Å²) in [5.41, 5.74) is 0.0837. The Balaban J connectivity index is 2.88. The first-order chi connectivity index (χ1) is 9.36. The smallest absolute Gasteiger partial charge is 0.255 e. The highest BCUT2D eigenvalue weighted by Crippen LogP contribution is 2.20. The van der Waals surface area contributed by atoms with Gasteiger partial charge in [-0.1, -0.05) is 6.92 Å². The van der Waals surface area contributed by atoms with Crippen LogP contribution < -0.4 is 5.32 Å². The maximum Gasteiger partial charge on any atom is 0.255 e. The van der Waals surface area contributed by atoms with E-state index >= 15 is 0 Å². The highest BCUT2D eigenvalue weighted by molar-refractivity contribution is 14.1. The van der Waals surface area contributed by atoms with Crippen molar-refractivity contribution in [1.82, 2.24) is 5.32 Å². The van der Waals surface area contributed by atoms with Crippen LogP contribution in [0.1, 0.15) is 37.0 Å². The van der Waals surface area contributed by atoms with Gasteiger partial charge in [-0.3, -0.25) is 9.59 Å². The normalized spacial score (nSPS) is 13.6. The average Bonchev–Trinajstić information content (AvgIpc) is 2.35. The number of phenolic OH excluding ortho intramolecular Hbond substituents is 1. The van der Waals surface area contributed by atoms with E-state index in [-0.39, 0.29) is 23.5 Å². The summed E-state index contributed by atoms with van der Waals surface area (Å²) >= 11 is 2.02. The van der Waals surface area contributed by atoms with E-state index in [0.29, 0.717) is 6.42 Å². The molecule has 0 unspecified atom stereocenters. The summed E-state index contributed by atoms with van der Waals surface area (Å²) in [6.45, 7) is 3.30. The number of carbonyl (C=O) groups is 2. The highest BCUT2D eigenvalue weighted by Gasteiger charge is 2.25. The van der Waals surface area contributed by atoms with Crippen LogP contribution in [-0.4, -0.2) is 34.0 Å². The molecule has 0 fully saturated rings. The van der Waals surface area contributed by atoms with Crippen molar-refractivity contribution < 1.29 is 19.8 Å². The largest absolute Gasteiger partial charge is 0.507 e. The average molecular weight is 391 g/mol. The topological polar surface area (TPSA) is 86.6 Å². The first-order valence-corrected chi connectivity index (χ1v) is 7.44. The van der Waals surface area contributed by atoms with Crippen molar-refractivity contribution in [2.75, 3.05) is 0 Å². The molecule has 0 saturated carbocycles. The van der Waals surface area contributed by atoms with E-state index in [1.807, 2.05) is 29.5 Å². The van der Waals surface area contributed by atoms with Gasteiger partial charge in [0.1, 0.15) is 11.8 Å². The van der Waals surface area contributed by atoms with E-state index in [1.54, 1.807) is 6.07 Å². The zero-order chi connectivity index (χ0) is 15.3. The summed E-state index contributed by atoms with van der Waals surface area (Å²) < 4.78 is 0.797. The third kappa shape index (κ3) is 4.45. The van der Waals surface area contributed by atoms with Crippen LogP contribution in [0.2, 0.25) is 0 Å². The lowest BCUT2D eigenvalue weighted by Crippen LogP contribution is -2.47. The van der Waals surface area contributed by atoms with Crippen LogP contribution in [0.15, 0.2) is 18.2 Å². The molecule has 0 aliphatic carbocycles. The fraction of sp³-hybridized carbons (Fsp3) is 0.429. The lowest BCUT2D eigenvalue weighted by Gasteiger charge is -2.20. The van der Waals surface area contributed by atoms with E-state index in [9.17, 15) is 19.8 Å². The van der Waals surface area contributed by atoms with Crippen LogP contribution in [0, 0.1) is 3.57 Å². The molecule has 1 amide bonds. The third-order valence-electron chi connectivity index (χ3n) is 2.82. The van der Waals surface area contributed by atoms with Crippen molar-refractivity contribution >= 4 is 34.3 Å². The summed E-state index contributed by atoms with van der Waals surface area (Å²) in [5.74, 6) is -0.947. The second-order valence-electron chi connectivity index (χ2n) is 4.57. The van der Waals surface area contributed by atoms with E-state index < -0.39 is 18.1 Å². The Morgan fingerprint density at radius 3 is 2.55 bits per heavy atom. The molecular formula is C14H18INO4. The first kappa shape index (κ1) is 16.9. The zero-order valence-electron chi connectivity index (χ0n) is 11.4. The lowest BCUT2D eigenvalue weighted by molar-refractivity contribution is -0.123. The number of amides is 1. The summed E-state index contributed by atoms with van der Waals surface area (Å²) in [4.78, 5) is 23.9. The number of aliphatic hydroxyl groups is 1. The van der Waals surface area contributed by atoms with E-state index in [4.69, 9.17) is 0 Å². The monoisotopic (exact) mass is 391 g/mol. The molecule has 0 spiro atoms. The molecular weight excluding hydrogens is 373 g/mol. The lowest BCUT2D eigenvalue weighted by atomic mass is 10.0. The Kier molecular flexibility index (Phi) is 6.41. The summed E-state index contributed by atoms with van der Waals surface area (Å²) in [5, 5.41) is 21.8. The third-order valence-corrected chi connectivity index (χ3v) is 3.49. The number of ketones is 1. The molecule has 3 N–H and O–H groups in total. The molecule has 0 radical (unpaired) electrons. The number of carbonyl (C=O) groups excluding carboxylic acids is 2. The molecule has 1 aromatic rings. The quantitative estimate of drug-likeness (QED) is 0.646. The molecule has 20 heavy (non-hydrogen) atoms. The van der Waals surface area contributed by atoms with E-state index in [0.717, 1.165) is 3.57 Å². The second-order valence-corrected chi connectivity index (χ2v) is 5.82. The molecule has 0 saturated heterocycles. The number of hydrogen-bond acceptors (Lipinski definition) is 4. The minimum absolute atomic E-state index is 0.0837. The Hall–Kier alpha value is -1.15. The summed E-state index contributed by atoms with van der Waals surface area (Å²) in [7, 11) is 0. The van der Waals surface area contributed by atoms with Crippen molar-refractivity contribution in [2.24, 2.45) is 0 Å². The molecule has 5 nitrogen and oxygen atoms in total. The van der Waals surface area contributed by atoms with Gasteiger partial charge in [-0.15, -0.1) is 0 Å². The molecule has 0 bridgehead atoms. The van der Waals surface area contributed by atoms with Gasteiger partial charge >= 0.3 is 0 Å². The van der Waals surface area contributed by atoms with Crippen LogP contribution in [0.25, 0.3) is 0 Å². The first-order valence-electron chi connectivity index (χ1n) is 6.37. The summed E-state index contributed by atoms with van der Waals surface area (Å²) in [6, 6.07) is 3.66. The maximum atomic E-state index is 12.1. The van der Waals surface area contributed by atoms with Gasteiger partial charge in [0.15, 0.2) is 5.78 Å². The Morgan fingerprint density at radius 2 is 2.05 bits per heavy atom. The molecule has 0 aliphatic heterocycles. The standard InChI is InChI=1S/C14H18INO4/c1-3-4-11(18)13(8(2)17)16-14(20)10-6-5-9(15)7-12(10)19/h5-8,13,17,19H,3-4H2,1-2H3,(H,16,20)/t8-,13+/m1/s1. The van der Waals surface area contributed by atoms with Gasteiger partial charge in [0, 0.05) is 9.99 Å². The molecule has 6 heteroatoms. The minimum atomic E-state index is -0.982. The van der Waals surface area contributed by atoms with Gasteiger partial charge in [-0.05, 0) is 54.1 Å². The van der Waals surface area contributed by atoms with Crippen molar-refractivity contribution in [3.63, 3.8) is 0 Å². The molecule has 1 rings (SSSR count). The van der Waals surface area contributed by atoms with Crippen molar-refractivity contribution in [2.45, 2.75) is 38.8 Å². The van der Waals surface area contributed by atoms with Crippen LogP contribution in [0.4, 0.5) is 0 Å². The molecule has 2 atom stereocenters. The van der Waals surface area contributed by atoms with Gasteiger partial charge in [-0.25, -0.2) is 0 Å². The molecule has 1 aromatic carbocycles. The number of nitrogens with one attached hydrogen (secondary N) is 1. The Labute approximate surface area is 131 Å². The fourth-order valence-corrected chi connectivity index (χ4v) is 2.26. The Bertz CT molecular complexity index is 502. The minimum Gasteiger partial charge on any atom is -0.507 e. The highest BCUT2D eigenvalue weighted by atomic mass is 127. The number of hydrogen-bond donors (Lipinski definition) is 3.